The van der Waals surface area contributed by atoms with Crippen LogP contribution in [0.25, 0.3) is 15.2 Å². The molecule has 0 aliphatic rings. The van der Waals surface area contributed by atoms with E-state index in [-0.39, 0.29) is 12.3 Å². The number of aliphatic hydroxyl groups is 1. The molecule has 0 bridgehead atoms. The van der Waals surface area contributed by atoms with E-state index in [1.165, 1.54) is 11.3 Å². The second-order valence-electron chi connectivity index (χ2n) is 4.28. The molecular formula is C13H10Cl2N2O3S. The predicted octanol–water partition coefficient (Wildman–Crippen LogP) is 3.45. The number of nitrogens with zero attached hydrogens (tertiary/aromatic N) is 2. The molecule has 0 amide bonds. The van der Waals surface area contributed by atoms with Crippen LogP contribution in [0.3, 0.4) is 0 Å². The Kier molecular flexibility index (Phi) is 3.79. The van der Waals surface area contributed by atoms with E-state index in [1.54, 1.807) is 23.6 Å². The number of hydrogen-bond donors (Lipinski definition) is 1. The van der Waals surface area contributed by atoms with Gasteiger partial charge in [-0.3, -0.25) is 4.40 Å². The van der Waals surface area contributed by atoms with E-state index >= 15 is 0 Å². The number of hydrogen-bond acceptors (Lipinski definition) is 5. The molecule has 110 valence electrons. The number of rotatable bonds is 3. The molecule has 2 heterocycles. The third-order valence-electron chi connectivity index (χ3n) is 2.96. The first kappa shape index (κ1) is 14.6. The van der Waals surface area contributed by atoms with Crippen LogP contribution in [0, 0.1) is 0 Å². The lowest BCUT2D eigenvalue weighted by Gasteiger charge is -2.05. The first-order valence-corrected chi connectivity index (χ1v) is 7.70. The highest BCUT2D eigenvalue weighted by Gasteiger charge is 2.23. The van der Waals surface area contributed by atoms with Gasteiger partial charge in [0.1, 0.15) is 5.69 Å². The van der Waals surface area contributed by atoms with E-state index < -0.39 is 12.1 Å². The van der Waals surface area contributed by atoms with E-state index in [0.717, 1.165) is 10.2 Å². The average Bonchev–Trinajstić information content (AvgIpc) is 3.00. The van der Waals surface area contributed by atoms with E-state index in [4.69, 9.17) is 27.9 Å². The van der Waals surface area contributed by atoms with Crippen LogP contribution in [0.15, 0.2) is 18.3 Å². The van der Waals surface area contributed by atoms with Crippen molar-refractivity contribution in [1.82, 2.24) is 9.38 Å². The number of halogens is 2. The van der Waals surface area contributed by atoms with Crippen molar-refractivity contribution < 1.29 is 14.6 Å². The molecule has 5 nitrogen and oxygen atoms in total. The Bertz CT molecular complexity index is 843. The molecule has 0 fully saturated rings. The van der Waals surface area contributed by atoms with Gasteiger partial charge >= 0.3 is 5.97 Å². The fraction of sp³-hybridized carbons (Fsp3) is 0.231. The third kappa shape index (κ3) is 2.38. The second-order valence-corrected chi connectivity index (χ2v) is 6.05. The summed E-state index contributed by atoms with van der Waals surface area (Å²) in [6.45, 7) is 1.88. The number of carbonyl (C=O) groups excluding carboxylic acids is 1. The van der Waals surface area contributed by atoms with Gasteiger partial charge in [0.25, 0.3) is 0 Å². The number of thiazole rings is 1. The maximum atomic E-state index is 11.5. The average molecular weight is 345 g/mol. The molecule has 21 heavy (non-hydrogen) atoms. The van der Waals surface area contributed by atoms with Crippen LogP contribution in [-0.2, 0) is 9.53 Å². The summed E-state index contributed by atoms with van der Waals surface area (Å²) in [6.07, 6.45) is 0.204. The largest absolute Gasteiger partial charge is 0.464 e. The van der Waals surface area contributed by atoms with Crippen molar-refractivity contribution in [1.29, 1.82) is 0 Å². The van der Waals surface area contributed by atoms with Gasteiger partial charge in [-0.05, 0) is 19.1 Å². The maximum Gasteiger partial charge on any atom is 0.341 e. The Labute approximate surface area is 133 Å². The number of imidazole rings is 1. The van der Waals surface area contributed by atoms with Crippen molar-refractivity contribution >= 4 is 55.7 Å². The van der Waals surface area contributed by atoms with E-state index in [0.29, 0.717) is 15.0 Å². The van der Waals surface area contributed by atoms with E-state index in [1.807, 2.05) is 6.07 Å². The number of esters is 1. The molecule has 1 unspecified atom stereocenters. The lowest BCUT2D eigenvalue weighted by Crippen LogP contribution is -2.15. The van der Waals surface area contributed by atoms with Gasteiger partial charge in [-0.2, -0.15) is 0 Å². The van der Waals surface area contributed by atoms with Crippen molar-refractivity contribution in [2.75, 3.05) is 6.61 Å². The van der Waals surface area contributed by atoms with Gasteiger partial charge in [0.2, 0.25) is 0 Å². The summed E-state index contributed by atoms with van der Waals surface area (Å²) >= 11 is 13.5. The number of aromatic nitrogens is 2. The summed E-state index contributed by atoms with van der Waals surface area (Å²) in [7, 11) is 0. The van der Waals surface area contributed by atoms with Gasteiger partial charge in [0.15, 0.2) is 11.1 Å². The fourth-order valence-electron chi connectivity index (χ4n) is 2.00. The quantitative estimate of drug-likeness (QED) is 0.739. The molecule has 0 aliphatic heterocycles. The number of aliphatic hydroxyl groups excluding tert-OH is 1. The molecule has 3 rings (SSSR count). The molecule has 1 atom stereocenters. The third-order valence-corrected chi connectivity index (χ3v) is 4.97. The van der Waals surface area contributed by atoms with Crippen molar-refractivity contribution in [3.63, 3.8) is 0 Å². The molecular weight excluding hydrogens is 335 g/mol. The molecule has 8 heteroatoms. The van der Waals surface area contributed by atoms with Crippen LogP contribution in [0.5, 0.6) is 0 Å². The molecule has 0 saturated carbocycles. The van der Waals surface area contributed by atoms with Gasteiger partial charge in [-0.15, -0.1) is 0 Å². The highest BCUT2D eigenvalue weighted by Crippen LogP contribution is 2.37. The SMILES string of the molecule is CCOC(=O)C(O)c1cn2c(n1)sc1c(Cl)c(Cl)ccc12. The summed E-state index contributed by atoms with van der Waals surface area (Å²) in [5.74, 6) is -0.714. The van der Waals surface area contributed by atoms with Crippen LogP contribution < -0.4 is 0 Å². The highest BCUT2D eigenvalue weighted by atomic mass is 35.5. The first-order valence-electron chi connectivity index (χ1n) is 6.13. The second kappa shape index (κ2) is 5.46. The normalized spacial score (nSPS) is 13.0. The standard InChI is InChI=1S/C13H10Cl2N2O3S/c1-2-20-12(19)10(18)7-5-17-8-4-3-6(14)9(15)11(8)21-13(17)16-7/h3-5,10,18H,2H2,1H3. The molecule has 3 aromatic rings. The van der Waals surface area contributed by atoms with Crippen LogP contribution in [0.2, 0.25) is 10.0 Å². The van der Waals surface area contributed by atoms with Gasteiger partial charge in [-0.25, -0.2) is 9.78 Å². The maximum absolute atomic E-state index is 11.5. The van der Waals surface area contributed by atoms with Gasteiger partial charge in [0.05, 0.1) is 26.9 Å². The lowest BCUT2D eigenvalue weighted by atomic mass is 10.3. The summed E-state index contributed by atoms with van der Waals surface area (Å²) in [6, 6.07) is 3.51. The van der Waals surface area contributed by atoms with Crippen LogP contribution >= 0.6 is 34.5 Å². The van der Waals surface area contributed by atoms with E-state index in [9.17, 15) is 9.90 Å². The first-order chi connectivity index (χ1) is 10.0. The smallest absolute Gasteiger partial charge is 0.341 e. The Morgan fingerprint density at radius 1 is 1.52 bits per heavy atom. The summed E-state index contributed by atoms with van der Waals surface area (Å²) in [5, 5.41) is 10.9. The Morgan fingerprint density at radius 3 is 3.00 bits per heavy atom. The topological polar surface area (TPSA) is 63.8 Å². The van der Waals surface area contributed by atoms with Crippen molar-refractivity contribution in [2.24, 2.45) is 0 Å². The Hall–Kier alpha value is -1.34. The molecule has 0 spiro atoms. The monoisotopic (exact) mass is 344 g/mol. The zero-order valence-electron chi connectivity index (χ0n) is 10.8. The summed E-state index contributed by atoms with van der Waals surface area (Å²) < 4.78 is 7.35. The minimum atomic E-state index is -1.39. The van der Waals surface area contributed by atoms with Crippen molar-refractivity contribution in [3.05, 3.63) is 34.1 Å². The highest BCUT2D eigenvalue weighted by molar-refractivity contribution is 7.24. The Balaban J connectivity index is 2.10. The molecule has 2 aromatic heterocycles. The number of ether oxygens (including phenoxy) is 1. The predicted molar refractivity (Wildman–Crippen MR) is 82.2 cm³/mol. The Morgan fingerprint density at radius 2 is 2.29 bits per heavy atom. The van der Waals surface area contributed by atoms with Crippen LogP contribution in [0.1, 0.15) is 18.7 Å². The van der Waals surface area contributed by atoms with Gasteiger partial charge < -0.3 is 9.84 Å². The van der Waals surface area contributed by atoms with Crippen LogP contribution in [0.4, 0.5) is 0 Å². The van der Waals surface area contributed by atoms with Gasteiger partial charge in [0, 0.05) is 6.20 Å². The van der Waals surface area contributed by atoms with Crippen LogP contribution in [-0.4, -0.2) is 27.1 Å². The lowest BCUT2D eigenvalue weighted by molar-refractivity contribution is -0.153. The summed E-state index contributed by atoms with van der Waals surface area (Å²) in [5.41, 5.74) is 1.06. The zero-order chi connectivity index (χ0) is 15.1. The molecule has 1 N–H and O–H groups in total. The molecule has 1 aromatic carbocycles. The summed E-state index contributed by atoms with van der Waals surface area (Å²) in [4.78, 5) is 16.4. The fourth-order valence-corrected chi connectivity index (χ4v) is 3.54. The minimum absolute atomic E-state index is 0.204. The molecule has 0 radical (unpaired) electrons. The number of carbonyl (C=O) groups is 1. The van der Waals surface area contributed by atoms with Crippen molar-refractivity contribution in [3.8, 4) is 0 Å². The molecule has 0 aliphatic carbocycles. The molecule has 0 saturated heterocycles. The van der Waals surface area contributed by atoms with E-state index in [2.05, 4.69) is 4.98 Å². The number of benzene rings is 1. The number of fused-ring (bicyclic) bond motifs is 3. The minimum Gasteiger partial charge on any atom is -0.464 e. The van der Waals surface area contributed by atoms with Gasteiger partial charge in [-0.1, -0.05) is 34.5 Å². The van der Waals surface area contributed by atoms with Crippen molar-refractivity contribution in [2.45, 2.75) is 13.0 Å². The zero-order valence-corrected chi connectivity index (χ0v) is 13.2.